The number of ketones is 2. The third kappa shape index (κ3) is 3.17. The number of rotatable bonds is 2. The number of carbonyl (C=O) groups excluding carboxylic acids is 2. The Hall–Kier alpha value is -2.07. The van der Waals surface area contributed by atoms with Gasteiger partial charge in [-0.25, -0.2) is 0 Å². The predicted molar refractivity (Wildman–Crippen MR) is 96.7 cm³/mol. The highest BCUT2D eigenvalue weighted by molar-refractivity contribution is 7.80. The number of carbonyl (C=O) groups is 2. The molecular weight excluding hydrogens is 306 g/mol. The molecule has 0 amide bonds. The first-order valence-corrected chi connectivity index (χ1v) is 8.12. The molecule has 3 rings (SSSR count). The monoisotopic (exact) mass is 325 g/mol. The second-order valence-electron chi connectivity index (χ2n) is 6.90. The fraction of sp³-hybridized carbons (Fsp3) is 0.316. The molecule has 0 aliphatic heterocycles. The average Bonchev–Trinajstić information content (AvgIpc) is 2.45. The first-order valence-electron chi connectivity index (χ1n) is 7.71. The first kappa shape index (κ1) is 15.8. The fourth-order valence-electron chi connectivity index (χ4n) is 3.22. The van der Waals surface area contributed by atoms with Gasteiger partial charge in [-0.1, -0.05) is 62.5 Å². The van der Waals surface area contributed by atoms with Gasteiger partial charge >= 0.3 is 0 Å². The largest absolute Gasteiger partial charge is 0.349 e. The second-order valence-corrected chi connectivity index (χ2v) is 7.34. The number of hydrogen-bond acceptors (Lipinski definition) is 3. The van der Waals surface area contributed by atoms with Gasteiger partial charge in [0.1, 0.15) is 5.92 Å². The molecule has 1 fully saturated rings. The highest BCUT2D eigenvalue weighted by atomic mass is 32.1. The van der Waals surface area contributed by atoms with Crippen molar-refractivity contribution in [2.45, 2.75) is 26.7 Å². The molecule has 0 spiro atoms. The van der Waals surface area contributed by atoms with Crippen LogP contribution in [0, 0.1) is 11.3 Å². The molecule has 1 aliphatic carbocycles. The van der Waals surface area contributed by atoms with Crippen molar-refractivity contribution < 1.29 is 9.59 Å². The van der Waals surface area contributed by atoms with Gasteiger partial charge in [0, 0.05) is 23.9 Å². The number of fused-ring (bicyclic) bond motifs is 1. The van der Waals surface area contributed by atoms with E-state index in [1.165, 1.54) is 0 Å². The van der Waals surface area contributed by atoms with Crippen LogP contribution in [0.5, 0.6) is 0 Å². The number of benzene rings is 2. The van der Waals surface area contributed by atoms with Gasteiger partial charge in [0.25, 0.3) is 0 Å². The van der Waals surface area contributed by atoms with Crippen LogP contribution in [0.2, 0.25) is 0 Å². The van der Waals surface area contributed by atoms with E-state index in [-0.39, 0.29) is 17.0 Å². The first-order chi connectivity index (χ1) is 10.9. The zero-order valence-electron chi connectivity index (χ0n) is 13.3. The number of hydrogen-bond donors (Lipinski definition) is 1. The van der Waals surface area contributed by atoms with E-state index in [2.05, 4.69) is 5.32 Å². The van der Waals surface area contributed by atoms with E-state index in [1.54, 1.807) is 0 Å². The topological polar surface area (TPSA) is 46.2 Å². The standard InChI is InChI=1S/C19H19NO2S/c1-19(2)10-15(21)17(16(22)11-19)18(23)20-14-9-5-7-12-6-3-4-8-13(12)14/h3-9,17H,10-11H2,1-2H3,(H,20,23). The molecule has 118 valence electrons. The molecule has 0 bridgehead atoms. The summed E-state index contributed by atoms with van der Waals surface area (Å²) in [4.78, 5) is 25.0. The van der Waals surface area contributed by atoms with Crippen molar-refractivity contribution >= 4 is 45.2 Å². The van der Waals surface area contributed by atoms with Crippen LogP contribution in [-0.2, 0) is 9.59 Å². The molecule has 0 atom stereocenters. The molecule has 3 nitrogen and oxygen atoms in total. The van der Waals surface area contributed by atoms with Crippen LogP contribution in [0.4, 0.5) is 5.69 Å². The van der Waals surface area contributed by atoms with Gasteiger partial charge in [0.2, 0.25) is 0 Å². The lowest BCUT2D eigenvalue weighted by Gasteiger charge is -2.32. The summed E-state index contributed by atoms with van der Waals surface area (Å²) in [7, 11) is 0. The Labute approximate surface area is 141 Å². The smallest absolute Gasteiger partial charge is 0.150 e. The normalized spacial score (nSPS) is 18.2. The summed E-state index contributed by atoms with van der Waals surface area (Å²) in [6.07, 6.45) is 0.779. The van der Waals surface area contributed by atoms with E-state index >= 15 is 0 Å². The Bertz CT molecular complexity index is 785. The molecule has 1 N–H and O–H groups in total. The van der Waals surface area contributed by atoms with Gasteiger partial charge in [-0.05, 0) is 16.9 Å². The Kier molecular flexibility index (Phi) is 4.02. The average molecular weight is 325 g/mol. The fourth-order valence-corrected chi connectivity index (χ4v) is 3.59. The molecule has 0 heterocycles. The van der Waals surface area contributed by atoms with Gasteiger partial charge in [-0.3, -0.25) is 9.59 Å². The Balaban J connectivity index is 1.87. The Morgan fingerprint density at radius 1 is 1.04 bits per heavy atom. The highest BCUT2D eigenvalue weighted by Gasteiger charge is 2.41. The maximum absolute atomic E-state index is 12.4. The van der Waals surface area contributed by atoms with E-state index in [4.69, 9.17) is 12.2 Å². The summed E-state index contributed by atoms with van der Waals surface area (Å²) >= 11 is 5.40. The lowest BCUT2D eigenvalue weighted by molar-refractivity contribution is -0.136. The van der Waals surface area contributed by atoms with Crippen molar-refractivity contribution in [2.75, 3.05) is 5.32 Å². The quantitative estimate of drug-likeness (QED) is 0.665. The molecule has 2 aromatic carbocycles. The minimum Gasteiger partial charge on any atom is -0.349 e. The summed E-state index contributed by atoms with van der Waals surface area (Å²) < 4.78 is 0. The SMILES string of the molecule is CC1(C)CC(=O)C(C(=S)Nc2cccc3ccccc23)C(=O)C1. The van der Waals surface area contributed by atoms with Crippen molar-refractivity contribution in [1.82, 2.24) is 0 Å². The maximum Gasteiger partial charge on any atom is 0.150 e. The maximum atomic E-state index is 12.4. The molecule has 0 aromatic heterocycles. The van der Waals surface area contributed by atoms with Crippen molar-refractivity contribution in [3.63, 3.8) is 0 Å². The summed E-state index contributed by atoms with van der Waals surface area (Å²) in [6.45, 7) is 3.89. The van der Waals surface area contributed by atoms with Gasteiger partial charge < -0.3 is 5.32 Å². The summed E-state index contributed by atoms with van der Waals surface area (Å²) in [5.74, 6) is -0.968. The van der Waals surface area contributed by atoms with Crippen molar-refractivity contribution in [3.05, 3.63) is 42.5 Å². The van der Waals surface area contributed by atoms with Crippen LogP contribution >= 0.6 is 12.2 Å². The van der Waals surface area contributed by atoms with Gasteiger partial charge in [-0.15, -0.1) is 0 Å². The minimum atomic E-state index is -0.808. The van der Waals surface area contributed by atoms with E-state index in [0.717, 1.165) is 16.5 Å². The molecule has 0 saturated heterocycles. The van der Waals surface area contributed by atoms with Gasteiger partial charge in [0.15, 0.2) is 11.6 Å². The van der Waals surface area contributed by atoms with Crippen LogP contribution in [0.15, 0.2) is 42.5 Å². The third-order valence-corrected chi connectivity index (χ3v) is 4.60. The molecule has 0 unspecified atom stereocenters. The van der Waals surface area contributed by atoms with E-state index in [0.29, 0.717) is 17.8 Å². The summed E-state index contributed by atoms with van der Waals surface area (Å²) in [5.41, 5.74) is 0.568. The van der Waals surface area contributed by atoms with Gasteiger partial charge in [-0.2, -0.15) is 0 Å². The highest BCUT2D eigenvalue weighted by Crippen LogP contribution is 2.35. The van der Waals surface area contributed by atoms with Gasteiger partial charge in [0.05, 0.1) is 4.99 Å². The van der Waals surface area contributed by atoms with E-state index in [1.807, 2.05) is 56.3 Å². The molecule has 23 heavy (non-hydrogen) atoms. The van der Waals surface area contributed by atoms with Crippen LogP contribution < -0.4 is 5.32 Å². The number of nitrogens with one attached hydrogen (secondary N) is 1. The van der Waals surface area contributed by atoms with Crippen molar-refractivity contribution in [1.29, 1.82) is 0 Å². The minimum absolute atomic E-state index is 0.0796. The molecule has 0 radical (unpaired) electrons. The number of anilines is 1. The second kappa shape index (κ2) is 5.85. The van der Waals surface area contributed by atoms with Crippen LogP contribution in [0.3, 0.4) is 0 Å². The van der Waals surface area contributed by atoms with E-state index < -0.39 is 5.92 Å². The molecule has 1 saturated carbocycles. The van der Waals surface area contributed by atoms with Crippen LogP contribution in [-0.4, -0.2) is 16.6 Å². The zero-order valence-corrected chi connectivity index (χ0v) is 14.1. The lowest BCUT2D eigenvalue weighted by Crippen LogP contribution is -2.43. The van der Waals surface area contributed by atoms with Crippen LogP contribution in [0.25, 0.3) is 10.8 Å². The molecular formula is C19H19NO2S. The number of Topliss-reactive ketones (excluding diaryl/α,β-unsaturated/α-hetero) is 2. The van der Waals surface area contributed by atoms with Crippen molar-refractivity contribution in [2.24, 2.45) is 11.3 Å². The van der Waals surface area contributed by atoms with Crippen molar-refractivity contribution in [3.8, 4) is 0 Å². The Morgan fingerprint density at radius 2 is 1.65 bits per heavy atom. The third-order valence-electron chi connectivity index (χ3n) is 4.26. The molecule has 4 heteroatoms. The summed E-state index contributed by atoms with van der Waals surface area (Å²) in [5, 5.41) is 5.24. The predicted octanol–water partition coefficient (Wildman–Crippen LogP) is 4.15. The van der Waals surface area contributed by atoms with Crippen LogP contribution in [0.1, 0.15) is 26.7 Å². The molecule has 1 aliphatic rings. The Morgan fingerprint density at radius 3 is 2.35 bits per heavy atom. The van der Waals surface area contributed by atoms with E-state index in [9.17, 15) is 9.59 Å². The zero-order chi connectivity index (χ0) is 16.6. The summed E-state index contributed by atoms with van der Waals surface area (Å²) in [6, 6.07) is 13.8. The number of thiocarbonyl (C=S) groups is 1. The lowest BCUT2D eigenvalue weighted by atomic mass is 9.71. The molecule has 2 aromatic rings.